The van der Waals surface area contributed by atoms with Gasteiger partial charge < -0.3 is 15.0 Å². The molecule has 0 bridgehead atoms. The Hall–Kier alpha value is -1.26. The molecule has 4 nitrogen and oxygen atoms in total. The van der Waals surface area contributed by atoms with E-state index in [-0.39, 0.29) is 11.9 Å². The Morgan fingerprint density at radius 1 is 1.60 bits per heavy atom. The number of carbonyl (C=O) groups excluding carboxylic acids is 1. The van der Waals surface area contributed by atoms with Crippen LogP contribution in [0.1, 0.15) is 19.8 Å². The van der Waals surface area contributed by atoms with Crippen LogP contribution in [0.25, 0.3) is 0 Å². The summed E-state index contributed by atoms with van der Waals surface area (Å²) in [6, 6.07) is 7.40. The molecule has 1 N–H and O–H groups in total. The molecule has 20 heavy (non-hydrogen) atoms. The maximum absolute atomic E-state index is 12.5. The Labute approximate surface area is 125 Å². The van der Waals surface area contributed by atoms with Gasteiger partial charge in [0.25, 0.3) is 5.91 Å². The van der Waals surface area contributed by atoms with Crippen LogP contribution in [-0.4, -0.2) is 43.1 Å². The standard InChI is InChI=1S/C15H21ClN2O2/c1-11(20-14-7-3-5-12(16)9-14)15(19)18-8-4-6-13(18)10-17-2/h3,5,7,9,11,13,17H,4,6,8,10H2,1-2H3. The van der Waals surface area contributed by atoms with E-state index in [1.165, 1.54) is 0 Å². The van der Waals surface area contributed by atoms with E-state index in [0.29, 0.717) is 10.8 Å². The molecular formula is C15H21ClN2O2. The number of ether oxygens (including phenoxy) is 1. The molecule has 5 heteroatoms. The van der Waals surface area contributed by atoms with Crippen LogP contribution in [0.5, 0.6) is 5.75 Å². The summed E-state index contributed by atoms with van der Waals surface area (Å²) < 4.78 is 5.70. The number of likely N-dealkylation sites (tertiary alicyclic amines) is 1. The van der Waals surface area contributed by atoms with Gasteiger partial charge >= 0.3 is 0 Å². The van der Waals surface area contributed by atoms with Crippen LogP contribution < -0.4 is 10.1 Å². The lowest BCUT2D eigenvalue weighted by Crippen LogP contribution is -2.46. The van der Waals surface area contributed by atoms with Crippen molar-refractivity contribution < 1.29 is 9.53 Å². The zero-order valence-corrected chi connectivity index (χ0v) is 12.7. The maximum atomic E-state index is 12.5. The Morgan fingerprint density at radius 2 is 2.40 bits per heavy atom. The van der Waals surface area contributed by atoms with E-state index < -0.39 is 6.10 Å². The second kappa shape index (κ2) is 6.95. The molecule has 2 atom stereocenters. The van der Waals surface area contributed by atoms with Gasteiger partial charge in [0, 0.05) is 24.2 Å². The predicted octanol–water partition coefficient (Wildman–Crippen LogP) is 2.32. The lowest BCUT2D eigenvalue weighted by atomic mass is 10.2. The summed E-state index contributed by atoms with van der Waals surface area (Å²) in [7, 11) is 1.91. The summed E-state index contributed by atoms with van der Waals surface area (Å²) in [6.07, 6.45) is 1.62. The number of hydrogen-bond donors (Lipinski definition) is 1. The van der Waals surface area contributed by atoms with Crippen molar-refractivity contribution in [1.82, 2.24) is 10.2 Å². The zero-order valence-electron chi connectivity index (χ0n) is 11.9. The van der Waals surface area contributed by atoms with Crippen molar-refractivity contribution in [2.45, 2.75) is 31.9 Å². The van der Waals surface area contributed by atoms with Gasteiger partial charge in [0.2, 0.25) is 0 Å². The molecule has 1 aromatic carbocycles. The van der Waals surface area contributed by atoms with Crippen molar-refractivity contribution in [2.75, 3.05) is 20.1 Å². The number of hydrogen-bond acceptors (Lipinski definition) is 3. The molecule has 1 fully saturated rings. The van der Waals surface area contributed by atoms with E-state index in [1.807, 2.05) is 24.1 Å². The third-order valence-electron chi connectivity index (χ3n) is 3.56. The fourth-order valence-corrected chi connectivity index (χ4v) is 2.78. The molecule has 110 valence electrons. The van der Waals surface area contributed by atoms with E-state index >= 15 is 0 Å². The molecule has 2 unspecified atom stereocenters. The highest BCUT2D eigenvalue weighted by Gasteiger charge is 2.31. The van der Waals surface area contributed by atoms with Gasteiger partial charge in [-0.05, 0) is 45.0 Å². The van der Waals surface area contributed by atoms with Crippen LogP contribution in [0, 0.1) is 0 Å². The normalized spacial score (nSPS) is 19.9. The second-order valence-electron chi connectivity index (χ2n) is 5.10. The van der Waals surface area contributed by atoms with E-state index in [2.05, 4.69) is 5.32 Å². The highest BCUT2D eigenvalue weighted by atomic mass is 35.5. The summed E-state index contributed by atoms with van der Waals surface area (Å²) in [5.74, 6) is 0.672. The smallest absolute Gasteiger partial charge is 0.263 e. The summed E-state index contributed by atoms with van der Waals surface area (Å²) >= 11 is 5.92. The van der Waals surface area contributed by atoms with Gasteiger partial charge in [-0.3, -0.25) is 4.79 Å². The number of halogens is 1. The lowest BCUT2D eigenvalue weighted by molar-refractivity contribution is -0.138. The second-order valence-corrected chi connectivity index (χ2v) is 5.54. The average Bonchev–Trinajstić information content (AvgIpc) is 2.86. The minimum absolute atomic E-state index is 0.0442. The number of nitrogens with zero attached hydrogens (tertiary/aromatic N) is 1. The first kappa shape index (κ1) is 15.1. The molecule has 1 amide bonds. The van der Waals surface area contributed by atoms with Gasteiger partial charge in [0.15, 0.2) is 6.10 Å². The van der Waals surface area contributed by atoms with Gasteiger partial charge in [0.05, 0.1) is 0 Å². The molecule has 1 saturated heterocycles. The summed E-state index contributed by atoms with van der Waals surface area (Å²) in [4.78, 5) is 14.4. The molecule has 1 aliphatic heterocycles. The number of amides is 1. The lowest BCUT2D eigenvalue weighted by Gasteiger charge is -2.27. The number of benzene rings is 1. The van der Waals surface area contributed by atoms with Crippen LogP contribution in [0.15, 0.2) is 24.3 Å². The zero-order chi connectivity index (χ0) is 14.5. The van der Waals surface area contributed by atoms with Gasteiger partial charge in [-0.1, -0.05) is 17.7 Å². The van der Waals surface area contributed by atoms with Crippen LogP contribution in [0.4, 0.5) is 0 Å². The molecule has 0 aromatic heterocycles. The van der Waals surface area contributed by atoms with Crippen molar-refractivity contribution in [3.63, 3.8) is 0 Å². The first-order chi connectivity index (χ1) is 9.61. The molecule has 0 saturated carbocycles. The number of rotatable bonds is 5. The Balaban J connectivity index is 1.98. The quantitative estimate of drug-likeness (QED) is 0.907. The maximum Gasteiger partial charge on any atom is 0.263 e. The highest BCUT2D eigenvalue weighted by molar-refractivity contribution is 6.30. The van der Waals surface area contributed by atoms with Crippen molar-refractivity contribution in [3.8, 4) is 5.75 Å². The fourth-order valence-electron chi connectivity index (χ4n) is 2.60. The topological polar surface area (TPSA) is 41.6 Å². The first-order valence-electron chi connectivity index (χ1n) is 6.99. The monoisotopic (exact) mass is 296 g/mol. The average molecular weight is 297 g/mol. The van der Waals surface area contributed by atoms with Crippen molar-refractivity contribution in [2.24, 2.45) is 0 Å². The highest BCUT2D eigenvalue weighted by Crippen LogP contribution is 2.21. The third kappa shape index (κ3) is 3.64. The molecule has 0 aliphatic carbocycles. The predicted molar refractivity (Wildman–Crippen MR) is 80.2 cm³/mol. The molecule has 1 heterocycles. The van der Waals surface area contributed by atoms with Gasteiger partial charge in [0.1, 0.15) is 5.75 Å². The molecule has 0 spiro atoms. The minimum atomic E-state index is -0.495. The van der Waals surface area contributed by atoms with Gasteiger partial charge in [-0.15, -0.1) is 0 Å². The van der Waals surface area contributed by atoms with Crippen LogP contribution >= 0.6 is 11.6 Å². The van der Waals surface area contributed by atoms with E-state index in [4.69, 9.17) is 16.3 Å². The van der Waals surface area contributed by atoms with Crippen LogP contribution in [0.2, 0.25) is 5.02 Å². The Bertz CT molecular complexity index is 467. The molecular weight excluding hydrogens is 276 g/mol. The molecule has 2 rings (SSSR count). The number of carbonyl (C=O) groups is 1. The largest absolute Gasteiger partial charge is 0.481 e. The minimum Gasteiger partial charge on any atom is -0.481 e. The fraction of sp³-hybridized carbons (Fsp3) is 0.533. The molecule has 1 aromatic rings. The summed E-state index contributed by atoms with van der Waals surface area (Å²) in [6.45, 7) is 3.43. The van der Waals surface area contributed by atoms with Crippen molar-refractivity contribution in [1.29, 1.82) is 0 Å². The third-order valence-corrected chi connectivity index (χ3v) is 3.79. The van der Waals surface area contributed by atoms with Gasteiger partial charge in [-0.25, -0.2) is 0 Å². The van der Waals surface area contributed by atoms with Crippen LogP contribution in [0.3, 0.4) is 0 Å². The number of likely N-dealkylation sites (N-methyl/N-ethyl adjacent to an activating group) is 1. The van der Waals surface area contributed by atoms with E-state index in [0.717, 1.165) is 25.9 Å². The van der Waals surface area contributed by atoms with E-state index in [9.17, 15) is 4.79 Å². The Kier molecular flexibility index (Phi) is 5.26. The summed E-state index contributed by atoms with van der Waals surface area (Å²) in [5.41, 5.74) is 0. The number of nitrogens with one attached hydrogen (secondary N) is 1. The summed E-state index contributed by atoms with van der Waals surface area (Å²) in [5, 5.41) is 3.75. The first-order valence-corrected chi connectivity index (χ1v) is 7.37. The SMILES string of the molecule is CNCC1CCCN1C(=O)C(C)Oc1cccc(Cl)c1. The van der Waals surface area contributed by atoms with Crippen molar-refractivity contribution >= 4 is 17.5 Å². The van der Waals surface area contributed by atoms with Gasteiger partial charge in [-0.2, -0.15) is 0 Å². The Morgan fingerprint density at radius 3 is 3.10 bits per heavy atom. The van der Waals surface area contributed by atoms with Crippen molar-refractivity contribution in [3.05, 3.63) is 29.3 Å². The van der Waals surface area contributed by atoms with E-state index in [1.54, 1.807) is 19.1 Å². The molecule has 0 radical (unpaired) electrons. The molecule has 1 aliphatic rings. The van der Waals surface area contributed by atoms with Crippen LogP contribution in [-0.2, 0) is 4.79 Å².